The molecule has 0 aliphatic carbocycles. The lowest BCUT2D eigenvalue weighted by atomic mass is 10.0. The number of aromatic nitrogens is 2. The molecule has 0 saturated carbocycles. The molecule has 0 amide bonds. The number of nitrogens with two attached hydrogens (primary N) is 1. The molecule has 0 aliphatic rings. The van der Waals surface area contributed by atoms with Crippen LogP contribution in [0, 0.1) is 0 Å². The fraction of sp³-hybridized carbons (Fsp3) is 0.522. The van der Waals surface area contributed by atoms with Crippen LogP contribution in [0.25, 0.3) is 21.8 Å². The maximum Gasteiger partial charge on any atom is 0.133 e. The number of aryl methyl sites for hydroxylation is 1. The van der Waals surface area contributed by atoms with Crippen LogP contribution in [0.15, 0.2) is 24.3 Å². The van der Waals surface area contributed by atoms with Gasteiger partial charge in [-0.3, -0.25) is 0 Å². The van der Waals surface area contributed by atoms with Crippen molar-refractivity contribution in [2.75, 3.05) is 18.9 Å². The number of pyridine rings is 1. The summed E-state index contributed by atoms with van der Waals surface area (Å²) < 4.78 is 5.51. The fourth-order valence-corrected chi connectivity index (χ4v) is 3.54. The average molecular weight is 383 g/mol. The summed E-state index contributed by atoms with van der Waals surface area (Å²) in [6.07, 6.45) is 4.70. The Bertz CT molecular complexity index is 924. The summed E-state index contributed by atoms with van der Waals surface area (Å²) >= 11 is 0. The predicted molar refractivity (Wildman–Crippen MR) is 119 cm³/mol. The normalized spacial score (nSPS) is 12.3. The van der Waals surface area contributed by atoms with Gasteiger partial charge in [0.25, 0.3) is 0 Å². The molecular formula is C23H34N4O. The molecule has 0 radical (unpaired) electrons. The largest absolute Gasteiger partial charge is 0.383 e. The first-order valence-corrected chi connectivity index (χ1v) is 10.4. The Labute approximate surface area is 168 Å². The molecule has 0 spiro atoms. The first-order chi connectivity index (χ1) is 13.4. The maximum atomic E-state index is 6.23. The number of aromatic amines is 1. The van der Waals surface area contributed by atoms with E-state index in [-0.39, 0.29) is 5.54 Å². The van der Waals surface area contributed by atoms with Crippen LogP contribution in [0.2, 0.25) is 0 Å². The number of benzene rings is 1. The number of fused-ring (bicyclic) bond motifs is 3. The predicted octanol–water partition coefficient (Wildman–Crippen LogP) is 4.94. The molecule has 5 nitrogen and oxygen atoms in total. The Morgan fingerprint density at radius 1 is 1.11 bits per heavy atom. The standard InChI is InChI=1S/C23H34N4O/c1-5-28-15-17-14-19-21(26-17)18-11-10-16(13-20(18)27-22(19)24)9-7-6-8-12-25-23(2,3)4/h10-11,13-14,25-26H,5-9,12,15H2,1-4H3,(H2,24,27). The van der Waals surface area contributed by atoms with Crippen molar-refractivity contribution in [3.63, 3.8) is 0 Å². The number of nitrogens with one attached hydrogen (secondary N) is 2. The molecule has 1 aromatic carbocycles. The lowest BCUT2D eigenvalue weighted by Gasteiger charge is -2.20. The minimum Gasteiger partial charge on any atom is -0.383 e. The smallest absolute Gasteiger partial charge is 0.133 e. The third kappa shape index (κ3) is 5.24. The maximum absolute atomic E-state index is 6.23. The highest BCUT2D eigenvalue weighted by molar-refractivity contribution is 6.08. The molecule has 0 bridgehead atoms. The zero-order valence-electron chi connectivity index (χ0n) is 17.7. The van der Waals surface area contributed by atoms with E-state index < -0.39 is 0 Å². The summed E-state index contributed by atoms with van der Waals surface area (Å²) in [6, 6.07) is 8.62. The molecule has 3 rings (SSSR count). The first-order valence-electron chi connectivity index (χ1n) is 10.4. The number of H-pyrrole nitrogens is 1. The second kappa shape index (κ2) is 8.93. The van der Waals surface area contributed by atoms with E-state index in [9.17, 15) is 0 Å². The Kier molecular flexibility index (Phi) is 6.57. The molecule has 2 aromatic heterocycles. The van der Waals surface area contributed by atoms with Crippen molar-refractivity contribution in [3.05, 3.63) is 35.5 Å². The molecule has 5 heteroatoms. The monoisotopic (exact) mass is 382 g/mol. The van der Waals surface area contributed by atoms with Gasteiger partial charge in [0, 0.05) is 28.6 Å². The highest BCUT2D eigenvalue weighted by Gasteiger charge is 2.11. The van der Waals surface area contributed by atoms with Gasteiger partial charge >= 0.3 is 0 Å². The number of hydrogen-bond donors (Lipinski definition) is 3. The van der Waals surface area contributed by atoms with Gasteiger partial charge in [-0.25, -0.2) is 4.98 Å². The highest BCUT2D eigenvalue weighted by atomic mass is 16.5. The minimum absolute atomic E-state index is 0.204. The zero-order chi connectivity index (χ0) is 20.1. The number of ether oxygens (including phenoxy) is 1. The van der Waals surface area contributed by atoms with Gasteiger partial charge in [-0.1, -0.05) is 18.6 Å². The van der Waals surface area contributed by atoms with E-state index in [2.05, 4.69) is 54.3 Å². The number of hydrogen-bond acceptors (Lipinski definition) is 4. The van der Waals surface area contributed by atoms with Gasteiger partial charge in [-0.15, -0.1) is 0 Å². The Morgan fingerprint density at radius 2 is 1.93 bits per heavy atom. The lowest BCUT2D eigenvalue weighted by molar-refractivity contribution is 0.132. The number of anilines is 1. The van der Waals surface area contributed by atoms with Crippen LogP contribution in [0.1, 0.15) is 58.2 Å². The van der Waals surface area contributed by atoms with Crippen LogP contribution in [0.5, 0.6) is 0 Å². The number of nitrogen functional groups attached to an aromatic ring is 1. The third-order valence-electron chi connectivity index (χ3n) is 4.98. The van der Waals surface area contributed by atoms with Crippen molar-refractivity contribution < 1.29 is 4.74 Å². The Morgan fingerprint density at radius 3 is 2.68 bits per heavy atom. The quantitative estimate of drug-likeness (QED) is 0.458. The molecule has 4 N–H and O–H groups in total. The van der Waals surface area contributed by atoms with E-state index in [1.807, 2.05) is 13.0 Å². The topological polar surface area (TPSA) is 76.0 Å². The van der Waals surface area contributed by atoms with Gasteiger partial charge in [-0.2, -0.15) is 0 Å². The summed E-state index contributed by atoms with van der Waals surface area (Å²) in [5, 5.41) is 5.64. The van der Waals surface area contributed by atoms with Gasteiger partial charge in [0.15, 0.2) is 0 Å². The molecule has 3 aromatic rings. The summed E-state index contributed by atoms with van der Waals surface area (Å²) in [7, 11) is 0. The first kappa shape index (κ1) is 20.6. The van der Waals surface area contributed by atoms with E-state index >= 15 is 0 Å². The van der Waals surface area contributed by atoms with Crippen molar-refractivity contribution in [2.45, 2.75) is 65.5 Å². The van der Waals surface area contributed by atoms with Crippen LogP contribution < -0.4 is 11.1 Å². The summed E-state index contributed by atoms with van der Waals surface area (Å²) in [5.74, 6) is 0.576. The van der Waals surface area contributed by atoms with Gasteiger partial charge < -0.3 is 20.8 Å². The molecule has 2 heterocycles. The van der Waals surface area contributed by atoms with Crippen molar-refractivity contribution in [1.82, 2.24) is 15.3 Å². The van der Waals surface area contributed by atoms with E-state index in [1.165, 1.54) is 24.8 Å². The molecule has 0 saturated heterocycles. The number of nitrogens with zero attached hydrogens (tertiary/aromatic N) is 1. The van der Waals surface area contributed by atoms with Crippen molar-refractivity contribution >= 4 is 27.6 Å². The van der Waals surface area contributed by atoms with Crippen LogP contribution in [0.3, 0.4) is 0 Å². The Balaban J connectivity index is 1.67. The molecule has 0 aliphatic heterocycles. The van der Waals surface area contributed by atoms with Crippen molar-refractivity contribution in [3.8, 4) is 0 Å². The van der Waals surface area contributed by atoms with Gasteiger partial charge in [0.05, 0.1) is 17.6 Å². The van der Waals surface area contributed by atoms with Crippen LogP contribution >= 0.6 is 0 Å². The highest BCUT2D eigenvalue weighted by Crippen LogP contribution is 2.29. The molecule has 152 valence electrons. The molecule has 0 unspecified atom stereocenters. The minimum atomic E-state index is 0.204. The van der Waals surface area contributed by atoms with Crippen LogP contribution in [-0.2, 0) is 17.8 Å². The summed E-state index contributed by atoms with van der Waals surface area (Å²) in [4.78, 5) is 8.11. The Hall–Kier alpha value is -2.11. The second-order valence-corrected chi connectivity index (χ2v) is 8.56. The number of rotatable bonds is 9. The molecule has 0 atom stereocenters. The van der Waals surface area contributed by atoms with E-state index in [0.717, 1.165) is 40.5 Å². The molecule has 0 fully saturated rings. The van der Waals surface area contributed by atoms with E-state index in [4.69, 9.17) is 10.5 Å². The molecular weight excluding hydrogens is 348 g/mol. The van der Waals surface area contributed by atoms with E-state index in [1.54, 1.807) is 0 Å². The van der Waals surface area contributed by atoms with Gasteiger partial charge in [-0.05, 0) is 71.2 Å². The van der Waals surface area contributed by atoms with E-state index in [0.29, 0.717) is 19.0 Å². The van der Waals surface area contributed by atoms with Crippen LogP contribution in [-0.4, -0.2) is 28.7 Å². The second-order valence-electron chi connectivity index (χ2n) is 8.56. The molecule has 28 heavy (non-hydrogen) atoms. The van der Waals surface area contributed by atoms with Crippen molar-refractivity contribution in [1.29, 1.82) is 0 Å². The third-order valence-corrected chi connectivity index (χ3v) is 4.98. The van der Waals surface area contributed by atoms with Crippen LogP contribution in [0.4, 0.5) is 5.82 Å². The summed E-state index contributed by atoms with van der Waals surface area (Å²) in [5.41, 5.74) is 10.8. The van der Waals surface area contributed by atoms with Crippen molar-refractivity contribution in [2.24, 2.45) is 0 Å². The number of unbranched alkanes of at least 4 members (excludes halogenated alkanes) is 2. The van der Waals surface area contributed by atoms with Gasteiger partial charge in [0.2, 0.25) is 0 Å². The average Bonchev–Trinajstić information content (AvgIpc) is 3.07. The van der Waals surface area contributed by atoms with Gasteiger partial charge in [0.1, 0.15) is 5.82 Å². The fourth-order valence-electron chi connectivity index (χ4n) is 3.54. The summed E-state index contributed by atoms with van der Waals surface area (Å²) in [6.45, 7) is 11.0. The SMILES string of the molecule is CCOCc1cc2c(N)nc3cc(CCCCCNC(C)(C)C)ccc3c2[nH]1. The lowest BCUT2D eigenvalue weighted by Crippen LogP contribution is -2.36. The zero-order valence-corrected chi connectivity index (χ0v) is 17.7.